The van der Waals surface area contributed by atoms with Gasteiger partial charge in [0.05, 0.1) is 12.6 Å². The fourth-order valence-electron chi connectivity index (χ4n) is 2.77. The van der Waals surface area contributed by atoms with Gasteiger partial charge in [-0.05, 0) is 56.3 Å². The van der Waals surface area contributed by atoms with E-state index in [4.69, 9.17) is 0 Å². The number of nitrogens with one attached hydrogen (secondary N) is 2. The summed E-state index contributed by atoms with van der Waals surface area (Å²) >= 11 is 0. The molecule has 1 saturated carbocycles. The molecule has 1 fully saturated rings. The highest BCUT2D eigenvalue weighted by molar-refractivity contribution is 5.92. The van der Waals surface area contributed by atoms with Crippen molar-refractivity contribution in [1.82, 2.24) is 5.32 Å². The summed E-state index contributed by atoms with van der Waals surface area (Å²) in [5, 5.41) is 15.7. The second kappa shape index (κ2) is 7.41. The van der Waals surface area contributed by atoms with Gasteiger partial charge in [0.25, 0.3) is 0 Å². The van der Waals surface area contributed by atoms with Crippen molar-refractivity contribution in [3.63, 3.8) is 0 Å². The van der Waals surface area contributed by atoms with E-state index in [0.29, 0.717) is 12.5 Å². The van der Waals surface area contributed by atoms with Gasteiger partial charge in [-0.1, -0.05) is 18.6 Å². The van der Waals surface area contributed by atoms with E-state index in [1.54, 1.807) is 0 Å². The summed E-state index contributed by atoms with van der Waals surface area (Å²) in [6.07, 6.45) is 3.85. The van der Waals surface area contributed by atoms with E-state index in [1.807, 2.05) is 31.2 Å². The molecule has 2 rings (SSSR count). The number of hydrogen-bond acceptors (Lipinski definition) is 3. The summed E-state index contributed by atoms with van der Waals surface area (Å²) in [5.41, 5.74) is 1.97. The lowest BCUT2D eigenvalue weighted by Gasteiger charge is -2.25. The van der Waals surface area contributed by atoms with E-state index in [9.17, 15) is 9.90 Å². The molecule has 1 aromatic rings. The molecule has 3 N–H and O–H groups in total. The highest BCUT2D eigenvalue weighted by Crippen LogP contribution is 2.23. The maximum absolute atomic E-state index is 11.8. The third kappa shape index (κ3) is 4.94. The second-order valence-corrected chi connectivity index (χ2v) is 5.74. The number of carbonyl (C=O) groups excluding carboxylic acids is 1. The van der Waals surface area contributed by atoms with Gasteiger partial charge in [0.15, 0.2) is 0 Å². The Labute approximate surface area is 120 Å². The predicted molar refractivity (Wildman–Crippen MR) is 80.6 cm³/mol. The van der Waals surface area contributed by atoms with Gasteiger partial charge in [-0.25, -0.2) is 0 Å². The number of rotatable bonds is 5. The Morgan fingerprint density at radius 1 is 1.40 bits per heavy atom. The summed E-state index contributed by atoms with van der Waals surface area (Å²) in [6.45, 7) is 3.13. The van der Waals surface area contributed by atoms with Crippen LogP contribution in [-0.2, 0) is 4.79 Å². The van der Waals surface area contributed by atoms with Crippen molar-refractivity contribution in [2.45, 2.75) is 38.7 Å². The lowest BCUT2D eigenvalue weighted by atomic mass is 9.87. The van der Waals surface area contributed by atoms with Gasteiger partial charge in [0.2, 0.25) is 5.91 Å². The molecule has 1 aromatic carbocycles. The molecule has 1 aliphatic carbocycles. The minimum Gasteiger partial charge on any atom is -0.393 e. The Balaban J connectivity index is 1.67. The zero-order valence-corrected chi connectivity index (χ0v) is 12.1. The van der Waals surface area contributed by atoms with Gasteiger partial charge in [-0.3, -0.25) is 4.79 Å². The van der Waals surface area contributed by atoms with E-state index in [2.05, 4.69) is 10.6 Å². The van der Waals surface area contributed by atoms with Gasteiger partial charge < -0.3 is 15.7 Å². The van der Waals surface area contributed by atoms with Crippen LogP contribution >= 0.6 is 0 Å². The Morgan fingerprint density at radius 2 is 2.25 bits per heavy atom. The number of aliphatic hydroxyl groups is 1. The Morgan fingerprint density at radius 3 is 3.00 bits per heavy atom. The van der Waals surface area contributed by atoms with Crippen molar-refractivity contribution >= 4 is 11.6 Å². The average Bonchev–Trinajstić information content (AvgIpc) is 2.38. The molecule has 0 saturated heterocycles. The van der Waals surface area contributed by atoms with Gasteiger partial charge in [0.1, 0.15) is 0 Å². The summed E-state index contributed by atoms with van der Waals surface area (Å²) < 4.78 is 0. The molecule has 0 bridgehead atoms. The van der Waals surface area contributed by atoms with Crippen molar-refractivity contribution in [2.24, 2.45) is 5.92 Å². The SMILES string of the molecule is Cc1cccc(NC(=O)CNCC2CCCC(O)C2)c1. The first-order valence-electron chi connectivity index (χ1n) is 7.39. The third-order valence-corrected chi connectivity index (χ3v) is 3.78. The first-order valence-corrected chi connectivity index (χ1v) is 7.39. The molecule has 2 unspecified atom stereocenters. The highest BCUT2D eigenvalue weighted by atomic mass is 16.3. The minimum atomic E-state index is -0.156. The molecule has 0 aromatic heterocycles. The summed E-state index contributed by atoms with van der Waals surface area (Å²) in [6, 6.07) is 7.78. The molecule has 0 radical (unpaired) electrons. The van der Waals surface area contributed by atoms with Crippen LogP contribution in [0.3, 0.4) is 0 Å². The lowest BCUT2D eigenvalue weighted by Crippen LogP contribution is -2.34. The van der Waals surface area contributed by atoms with Crippen LogP contribution in [0.4, 0.5) is 5.69 Å². The maximum Gasteiger partial charge on any atom is 0.238 e. The van der Waals surface area contributed by atoms with Crippen LogP contribution in [-0.4, -0.2) is 30.2 Å². The van der Waals surface area contributed by atoms with Crippen LogP contribution < -0.4 is 10.6 Å². The fraction of sp³-hybridized carbons (Fsp3) is 0.562. The Kier molecular flexibility index (Phi) is 5.56. The van der Waals surface area contributed by atoms with E-state index < -0.39 is 0 Å². The van der Waals surface area contributed by atoms with Crippen LogP contribution in [0.2, 0.25) is 0 Å². The lowest BCUT2D eigenvalue weighted by molar-refractivity contribution is -0.115. The van der Waals surface area contributed by atoms with Crippen LogP contribution in [0.1, 0.15) is 31.2 Å². The quantitative estimate of drug-likeness (QED) is 0.771. The van der Waals surface area contributed by atoms with Gasteiger partial charge in [-0.15, -0.1) is 0 Å². The number of amides is 1. The van der Waals surface area contributed by atoms with Gasteiger partial charge >= 0.3 is 0 Å². The van der Waals surface area contributed by atoms with Gasteiger partial charge in [-0.2, -0.15) is 0 Å². The number of aryl methyl sites for hydroxylation is 1. The molecule has 0 spiro atoms. The topological polar surface area (TPSA) is 61.4 Å². The molecule has 0 aliphatic heterocycles. The number of anilines is 1. The van der Waals surface area contributed by atoms with E-state index in [0.717, 1.165) is 43.5 Å². The van der Waals surface area contributed by atoms with Gasteiger partial charge in [0, 0.05) is 5.69 Å². The third-order valence-electron chi connectivity index (χ3n) is 3.78. The van der Waals surface area contributed by atoms with Crippen LogP contribution in [0.5, 0.6) is 0 Å². The molecule has 2 atom stereocenters. The molecular formula is C16H24N2O2. The number of aliphatic hydroxyl groups excluding tert-OH is 1. The number of carbonyl (C=O) groups is 1. The smallest absolute Gasteiger partial charge is 0.238 e. The summed E-state index contributed by atoms with van der Waals surface area (Å²) in [5.74, 6) is 0.470. The van der Waals surface area contributed by atoms with E-state index >= 15 is 0 Å². The normalized spacial score (nSPS) is 22.5. The molecule has 20 heavy (non-hydrogen) atoms. The van der Waals surface area contributed by atoms with Crippen molar-refractivity contribution in [1.29, 1.82) is 0 Å². The maximum atomic E-state index is 11.8. The molecule has 110 valence electrons. The van der Waals surface area contributed by atoms with E-state index in [-0.39, 0.29) is 12.0 Å². The molecule has 0 heterocycles. The summed E-state index contributed by atoms with van der Waals surface area (Å²) in [4.78, 5) is 11.8. The van der Waals surface area contributed by atoms with Crippen molar-refractivity contribution in [2.75, 3.05) is 18.4 Å². The molecule has 1 amide bonds. The second-order valence-electron chi connectivity index (χ2n) is 5.74. The molecule has 4 heteroatoms. The Hall–Kier alpha value is -1.39. The minimum absolute atomic E-state index is 0.0213. The first kappa shape index (κ1) is 15.0. The monoisotopic (exact) mass is 276 g/mol. The molecule has 4 nitrogen and oxygen atoms in total. The van der Waals surface area contributed by atoms with Crippen LogP contribution in [0.25, 0.3) is 0 Å². The Bertz CT molecular complexity index is 448. The number of hydrogen-bond donors (Lipinski definition) is 3. The van der Waals surface area contributed by atoms with Crippen molar-refractivity contribution in [3.05, 3.63) is 29.8 Å². The van der Waals surface area contributed by atoms with Crippen molar-refractivity contribution in [3.8, 4) is 0 Å². The zero-order chi connectivity index (χ0) is 14.4. The van der Waals surface area contributed by atoms with Crippen LogP contribution in [0, 0.1) is 12.8 Å². The largest absolute Gasteiger partial charge is 0.393 e. The standard InChI is InChI=1S/C16H24N2O2/c1-12-4-2-6-14(8-12)18-16(20)11-17-10-13-5-3-7-15(19)9-13/h2,4,6,8,13,15,17,19H,3,5,7,9-11H2,1H3,(H,18,20). The molecular weight excluding hydrogens is 252 g/mol. The first-order chi connectivity index (χ1) is 9.63. The van der Waals surface area contributed by atoms with Crippen LogP contribution in [0.15, 0.2) is 24.3 Å². The molecule has 1 aliphatic rings. The summed E-state index contributed by atoms with van der Waals surface area (Å²) in [7, 11) is 0. The fourth-order valence-corrected chi connectivity index (χ4v) is 2.77. The van der Waals surface area contributed by atoms with E-state index in [1.165, 1.54) is 0 Å². The number of benzene rings is 1. The predicted octanol–water partition coefficient (Wildman–Crippen LogP) is 2.07. The zero-order valence-electron chi connectivity index (χ0n) is 12.1. The van der Waals surface area contributed by atoms with Crippen molar-refractivity contribution < 1.29 is 9.90 Å². The average molecular weight is 276 g/mol. The highest BCUT2D eigenvalue weighted by Gasteiger charge is 2.19.